The summed E-state index contributed by atoms with van der Waals surface area (Å²) < 4.78 is 10.1. The van der Waals surface area contributed by atoms with Gasteiger partial charge in [0, 0.05) is 18.7 Å². The number of ether oxygens (including phenoxy) is 2. The van der Waals surface area contributed by atoms with Crippen LogP contribution in [0.4, 0.5) is 0 Å². The molecule has 0 heterocycles. The fourth-order valence-corrected chi connectivity index (χ4v) is 2.79. The quantitative estimate of drug-likeness (QED) is 0.683. The van der Waals surface area contributed by atoms with Crippen LogP contribution in [0.1, 0.15) is 18.1 Å². The first-order valence-electron chi connectivity index (χ1n) is 8.56. The highest BCUT2D eigenvalue weighted by Gasteiger charge is 2.22. The van der Waals surface area contributed by atoms with Gasteiger partial charge in [-0.05, 0) is 11.6 Å². The van der Waals surface area contributed by atoms with Gasteiger partial charge in [-0.2, -0.15) is 0 Å². The number of nitrogens with zero attached hydrogens (tertiary/aromatic N) is 1. The van der Waals surface area contributed by atoms with Gasteiger partial charge >= 0.3 is 5.97 Å². The maximum atomic E-state index is 12.9. The van der Waals surface area contributed by atoms with E-state index in [9.17, 15) is 9.59 Å². The Bertz CT molecular complexity index is 730. The number of carbonyl (C=O) groups is 2. The van der Waals surface area contributed by atoms with Crippen LogP contribution >= 0.6 is 0 Å². The molecule has 0 N–H and O–H groups in total. The summed E-state index contributed by atoms with van der Waals surface area (Å²) in [7, 11) is 2.95. The van der Waals surface area contributed by atoms with Crippen molar-refractivity contribution >= 4 is 11.9 Å². The molecule has 0 aliphatic rings. The van der Waals surface area contributed by atoms with E-state index in [-0.39, 0.29) is 18.3 Å². The van der Waals surface area contributed by atoms with Crippen molar-refractivity contribution in [2.24, 2.45) is 5.92 Å². The molecule has 5 heteroatoms. The van der Waals surface area contributed by atoms with Crippen LogP contribution in [0.3, 0.4) is 0 Å². The van der Waals surface area contributed by atoms with Crippen molar-refractivity contribution in [2.45, 2.75) is 19.9 Å². The fourth-order valence-electron chi connectivity index (χ4n) is 2.79. The Morgan fingerprint density at radius 2 is 1.65 bits per heavy atom. The van der Waals surface area contributed by atoms with E-state index in [4.69, 9.17) is 9.47 Å². The van der Waals surface area contributed by atoms with Gasteiger partial charge in [0.25, 0.3) is 0 Å². The molecule has 26 heavy (non-hydrogen) atoms. The van der Waals surface area contributed by atoms with E-state index in [1.54, 1.807) is 18.9 Å². The number of amides is 1. The highest BCUT2D eigenvalue weighted by molar-refractivity contribution is 5.80. The fraction of sp³-hybridized carbons (Fsp3) is 0.333. The number of hydrogen-bond donors (Lipinski definition) is 0. The Morgan fingerprint density at radius 3 is 2.31 bits per heavy atom. The van der Waals surface area contributed by atoms with Crippen LogP contribution in [0.15, 0.2) is 54.6 Å². The minimum Gasteiger partial charge on any atom is -0.496 e. The molecule has 1 amide bonds. The van der Waals surface area contributed by atoms with E-state index in [0.29, 0.717) is 18.8 Å². The molecule has 0 spiro atoms. The zero-order valence-electron chi connectivity index (χ0n) is 15.5. The average molecular weight is 355 g/mol. The number of carbonyl (C=O) groups excluding carboxylic acids is 2. The second-order valence-corrected chi connectivity index (χ2v) is 6.17. The van der Waals surface area contributed by atoms with Crippen molar-refractivity contribution in [1.29, 1.82) is 0 Å². The topological polar surface area (TPSA) is 55.8 Å². The maximum absolute atomic E-state index is 12.9. The summed E-state index contributed by atoms with van der Waals surface area (Å²) in [6.45, 7) is 2.51. The molecule has 0 radical (unpaired) electrons. The molecule has 2 aromatic carbocycles. The summed E-state index contributed by atoms with van der Waals surface area (Å²) in [6, 6.07) is 17.2. The Morgan fingerprint density at radius 1 is 1.00 bits per heavy atom. The molecule has 0 aliphatic heterocycles. The molecule has 1 unspecified atom stereocenters. The minimum absolute atomic E-state index is 0.0610. The van der Waals surface area contributed by atoms with Crippen molar-refractivity contribution in [2.75, 3.05) is 20.8 Å². The SMILES string of the molecule is COC(=O)C(C)CN(Cc1ccccc1)C(=O)Cc1ccccc1OC. The molecule has 5 nitrogen and oxygen atoms in total. The Labute approximate surface area is 154 Å². The monoisotopic (exact) mass is 355 g/mol. The first-order chi connectivity index (χ1) is 12.5. The van der Waals surface area contributed by atoms with E-state index >= 15 is 0 Å². The summed E-state index contributed by atoms with van der Waals surface area (Å²) in [6.07, 6.45) is 0.213. The normalized spacial score (nSPS) is 11.5. The lowest BCUT2D eigenvalue weighted by Gasteiger charge is -2.25. The zero-order valence-corrected chi connectivity index (χ0v) is 15.5. The second kappa shape index (κ2) is 9.61. The number of methoxy groups -OCH3 is 2. The van der Waals surface area contributed by atoms with E-state index in [1.807, 2.05) is 54.6 Å². The third kappa shape index (κ3) is 5.34. The van der Waals surface area contributed by atoms with E-state index in [2.05, 4.69) is 0 Å². The van der Waals surface area contributed by atoms with Crippen molar-refractivity contribution in [3.05, 3.63) is 65.7 Å². The molecule has 0 saturated carbocycles. The molecule has 2 rings (SSSR count). The van der Waals surface area contributed by atoms with Crippen molar-refractivity contribution in [1.82, 2.24) is 4.90 Å². The maximum Gasteiger partial charge on any atom is 0.310 e. The standard InChI is InChI=1S/C21H25NO4/c1-16(21(24)26-3)14-22(15-17-9-5-4-6-10-17)20(23)13-18-11-7-8-12-19(18)25-2/h4-12,16H,13-15H2,1-3H3. The molecule has 0 aliphatic carbocycles. The number of hydrogen-bond acceptors (Lipinski definition) is 4. The Hall–Kier alpha value is -2.82. The largest absolute Gasteiger partial charge is 0.496 e. The molecule has 2 aromatic rings. The van der Waals surface area contributed by atoms with Crippen LogP contribution in [0.5, 0.6) is 5.75 Å². The van der Waals surface area contributed by atoms with Gasteiger partial charge in [0.1, 0.15) is 5.75 Å². The van der Waals surface area contributed by atoms with Gasteiger partial charge in [0.05, 0.1) is 26.6 Å². The first-order valence-corrected chi connectivity index (χ1v) is 8.56. The van der Waals surface area contributed by atoms with Crippen LogP contribution < -0.4 is 4.74 Å². The first kappa shape index (κ1) is 19.5. The number of para-hydroxylation sites is 1. The molecule has 0 saturated heterocycles. The predicted molar refractivity (Wildman–Crippen MR) is 99.7 cm³/mol. The van der Waals surface area contributed by atoms with Crippen LogP contribution in [0.2, 0.25) is 0 Å². The van der Waals surface area contributed by atoms with Gasteiger partial charge in [0.15, 0.2) is 0 Å². The second-order valence-electron chi connectivity index (χ2n) is 6.17. The summed E-state index contributed by atoms with van der Waals surface area (Å²) in [5, 5.41) is 0. The molecule has 0 bridgehead atoms. The highest BCUT2D eigenvalue weighted by Crippen LogP contribution is 2.19. The van der Waals surface area contributed by atoms with E-state index in [0.717, 1.165) is 11.1 Å². The Kier molecular flexibility index (Phi) is 7.21. The predicted octanol–water partition coefficient (Wildman–Crippen LogP) is 3.08. The molecule has 1 atom stereocenters. The van der Waals surface area contributed by atoms with Crippen molar-refractivity contribution in [3.63, 3.8) is 0 Å². The third-order valence-electron chi connectivity index (χ3n) is 4.20. The number of esters is 1. The average Bonchev–Trinajstić information content (AvgIpc) is 2.67. The lowest BCUT2D eigenvalue weighted by atomic mass is 10.1. The lowest BCUT2D eigenvalue weighted by Crippen LogP contribution is -2.37. The third-order valence-corrected chi connectivity index (χ3v) is 4.20. The van der Waals surface area contributed by atoms with Crippen LogP contribution in [0.25, 0.3) is 0 Å². The lowest BCUT2D eigenvalue weighted by molar-refractivity contribution is -0.146. The van der Waals surface area contributed by atoms with Crippen LogP contribution in [0, 0.1) is 5.92 Å². The van der Waals surface area contributed by atoms with Gasteiger partial charge < -0.3 is 14.4 Å². The molecule has 0 fully saturated rings. The summed E-state index contributed by atoms with van der Waals surface area (Å²) in [5.41, 5.74) is 1.83. The van der Waals surface area contributed by atoms with Crippen molar-refractivity contribution in [3.8, 4) is 5.75 Å². The molecule has 138 valence electrons. The minimum atomic E-state index is -0.398. The highest BCUT2D eigenvalue weighted by atomic mass is 16.5. The molecular formula is C21H25NO4. The van der Waals surface area contributed by atoms with Gasteiger partial charge in [-0.1, -0.05) is 55.5 Å². The van der Waals surface area contributed by atoms with Crippen molar-refractivity contribution < 1.29 is 19.1 Å². The van der Waals surface area contributed by atoms with Crippen LogP contribution in [-0.4, -0.2) is 37.5 Å². The van der Waals surface area contributed by atoms with Gasteiger partial charge in [-0.3, -0.25) is 9.59 Å². The smallest absolute Gasteiger partial charge is 0.310 e. The van der Waals surface area contributed by atoms with Gasteiger partial charge in [-0.15, -0.1) is 0 Å². The summed E-state index contributed by atoms with van der Waals surface area (Å²) in [5.74, 6) is -0.103. The van der Waals surface area contributed by atoms with Crippen LogP contribution in [-0.2, 0) is 27.3 Å². The van der Waals surface area contributed by atoms with E-state index in [1.165, 1.54) is 7.11 Å². The molecule has 0 aromatic heterocycles. The Balaban J connectivity index is 2.18. The summed E-state index contributed by atoms with van der Waals surface area (Å²) >= 11 is 0. The van der Waals surface area contributed by atoms with Gasteiger partial charge in [0.2, 0.25) is 5.91 Å². The van der Waals surface area contributed by atoms with Gasteiger partial charge in [-0.25, -0.2) is 0 Å². The number of rotatable bonds is 8. The summed E-state index contributed by atoms with van der Waals surface area (Å²) in [4.78, 5) is 26.4. The number of benzene rings is 2. The molecular weight excluding hydrogens is 330 g/mol. The van der Waals surface area contributed by atoms with E-state index < -0.39 is 5.92 Å². The zero-order chi connectivity index (χ0) is 18.9.